The summed E-state index contributed by atoms with van der Waals surface area (Å²) in [6, 6.07) is 8.30. The molecule has 0 bridgehead atoms. The number of carbonyl (C=O) groups excluding carboxylic acids is 1. The molecule has 0 saturated heterocycles. The average Bonchev–Trinajstić information content (AvgIpc) is 2.52. The van der Waals surface area contributed by atoms with Crippen molar-refractivity contribution in [3.8, 4) is 0 Å². The lowest BCUT2D eigenvalue weighted by atomic mass is 10.1. The van der Waals surface area contributed by atoms with Gasteiger partial charge in [0.05, 0.1) is 17.6 Å². The van der Waals surface area contributed by atoms with Gasteiger partial charge in [-0.05, 0) is 62.2 Å². The average molecular weight is 443 g/mol. The van der Waals surface area contributed by atoms with Crippen LogP contribution in [0.15, 0.2) is 40.9 Å². The number of hydrogen-bond acceptors (Lipinski definition) is 3. The van der Waals surface area contributed by atoms with E-state index in [9.17, 15) is 17.6 Å². The van der Waals surface area contributed by atoms with E-state index in [0.29, 0.717) is 10.2 Å². The number of benzene rings is 2. The van der Waals surface area contributed by atoms with E-state index in [4.69, 9.17) is 0 Å². The molecule has 5 nitrogen and oxygen atoms in total. The highest BCUT2D eigenvalue weighted by molar-refractivity contribution is 9.10. The molecule has 0 aromatic heterocycles. The zero-order chi connectivity index (χ0) is 19.6. The van der Waals surface area contributed by atoms with E-state index in [2.05, 4.69) is 21.2 Å². The monoisotopic (exact) mass is 442 g/mol. The minimum atomic E-state index is -3.73. The number of anilines is 2. The number of sulfonamides is 1. The summed E-state index contributed by atoms with van der Waals surface area (Å²) in [6.07, 6.45) is 1.03. The number of carbonyl (C=O) groups is 1. The first-order valence-corrected chi connectivity index (χ1v) is 10.5. The van der Waals surface area contributed by atoms with Crippen LogP contribution in [0.25, 0.3) is 0 Å². The highest BCUT2D eigenvalue weighted by Crippen LogP contribution is 2.25. The number of rotatable bonds is 5. The molecule has 1 atom stereocenters. The molecule has 2 aromatic carbocycles. The Balaban J connectivity index is 2.35. The minimum absolute atomic E-state index is 0.0152. The Bertz CT molecular complexity index is 947. The van der Waals surface area contributed by atoms with Crippen LogP contribution in [0.3, 0.4) is 0 Å². The quantitative estimate of drug-likeness (QED) is 0.760. The zero-order valence-electron chi connectivity index (χ0n) is 14.9. The summed E-state index contributed by atoms with van der Waals surface area (Å²) in [4.78, 5) is 12.6. The largest absolute Gasteiger partial charge is 0.322 e. The Morgan fingerprint density at radius 3 is 2.35 bits per heavy atom. The van der Waals surface area contributed by atoms with Crippen molar-refractivity contribution >= 4 is 43.2 Å². The molecule has 0 unspecified atom stereocenters. The molecule has 0 aliphatic heterocycles. The van der Waals surface area contributed by atoms with Crippen molar-refractivity contribution in [2.24, 2.45) is 0 Å². The van der Waals surface area contributed by atoms with Crippen LogP contribution in [0.5, 0.6) is 0 Å². The Morgan fingerprint density at radius 1 is 1.15 bits per heavy atom. The molecule has 1 N–H and O–H groups in total. The molecule has 2 rings (SSSR count). The molecule has 0 spiro atoms. The molecule has 0 heterocycles. The second-order valence-corrected chi connectivity index (χ2v) is 8.89. The van der Waals surface area contributed by atoms with E-state index in [1.165, 1.54) is 19.1 Å². The first-order valence-electron chi connectivity index (χ1n) is 7.83. The van der Waals surface area contributed by atoms with Crippen LogP contribution in [0.4, 0.5) is 15.8 Å². The summed E-state index contributed by atoms with van der Waals surface area (Å²) >= 11 is 3.14. The minimum Gasteiger partial charge on any atom is -0.322 e. The maximum Gasteiger partial charge on any atom is 0.248 e. The highest BCUT2D eigenvalue weighted by atomic mass is 79.9. The van der Waals surface area contributed by atoms with Crippen molar-refractivity contribution in [3.05, 3.63) is 57.8 Å². The van der Waals surface area contributed by atoms with Gasteiger partial charge >= 0.3 is 0 Å². The van der Waals surface area contributed by atoms with Gasteiger partial charge in [-0.25, -0.2) is 12.8 Å². The zero-order valence-corrected chi connectivity index (χ0v) is 17.3. The molecule has 1 amide bonds. The van der Waals surface area contributed by atoms with Crippen molar-refractivity contribution in [2.45, 2.75) is 26.8 Å². The second-order valence-electron chi connectivity index (χ2n) is 6.12. The summed E-state index contributed by atoms with van der Waals surface area (Å²) in [7, 11) is -3.73. The van der Waals surface area contributed by atoms with Gasteiger partial charge in [0.2, 0.25) is 15.9 Å². The first-order chi connectivity index (χ1) is 12.0. The van der Waals surface area contributed by atoms with Gasteiger partial charge < -0.3 is 5.32 Å². The lowest BCUT2D eigenvalue weighted by Crippen LogP contribution is -2.45. The van der Waals surface area contributed by atoms with Crippen LogP contribution in [0.2, 0.25) is 0 Å². The van der Waals surface area contributed by atoms with Crippen molar-refractivity contribution in [3.63, 3.8) is 0 Å². The third kappa shape index (κ3) is 4.62. The summed E-state index contributed by atoms with van der Waals surface area (Å²) in [5.41, 5.74) is 2.28. The maximum absolute atomic E-state index is 14.0. The van der Waals surface area contributed by atoms with Crippen molar-refractivity contribution in [1.29, 1.82) is 0 Å². The van der Waals surface area contributed by atoms with Gasteiger partial charge in [-0.15, -0.1) is 0 Å². The number of aryl methyl sites for hydroxylation is 2. The Labute approximate surface area is 161 Å². The number of amides is 1. The Morgan fingerprint density at radius 2 is 1.81 bits per heavy atom. The fraction of sp³-hybridized carbons (Fsp3) is 0.278. The van der Waals surface area contributed by atoms with Gasteiger partial charge in [0.25, 0.3) is 0 Å². The molecule has 140 valence electrons. The Kier molecular flexibility index (Phi) is 6.08. The number of halogens is 2. The van der Waals surface area contributed by atoms with Gasteiger partial charge in [0, 0.05) is 4.47 Å². The molecule has 0 aliphatic carbocycles. The predicted octanol–water partition coefficient (Wildman–Crippen LogP) is 4.00. The molecule has 0 saturated carbocycles. The summed E-state index contributed by atoms with van der Waals surface area (Å²) < 4.78 is 40.1. The normalized spacial score (nSPS) is 12.5. The molecular formula is C18H20BrFN2O3S. The van der Waals surface area contributed by atoms with E-state index in [1.807, 2.05) is 13.8 Å². The number of hydrogen-bond donors (Lipinski definition) is 1. The number of nitrogens with zero attached hydrogens (tertiary/aromatic N) is 1. The third-order valence-electron chi connectivity index (χ3n) is 4.02. The van der Waals surface area contributed by atoms with E-state index in [1.54, 1.807) is 24.3 Å². The molecule has 2 aromatic rings. The van der Waals surface area contributed by atoms with E-state index < -0.39 is 27.8 Å². The molecule has 0 aliphatic rings. The summed E-state index contributed by atoms with van der Waals surface area (Å²) in [5.74, 6) is -1.24. The lowest BCUT2D eigenvalue weighted by Gasteiger charge is -2.28. The highest BCUT2D eigenvalue weighted by Gasteiger charge is 2.29. The van der Waals surface area contributed by atoms with Crippen LogP contribution in [-0.2, 0) is 14.8 Å². The maximum atomic E-state index is 14.0. The Hall–Kier alpha value is -1.93. The summed E-state index contributed by atoms with van der Waals surface area (Å²) in [5, 5.41) is 2.44. The molecule has 8 heteroatoms. The third-order valence-corrected chi connectivity index (χ3v) is 5.76. The van der Waals surface area contributed by atoms with E-state index >= 15 is 0 Å². The number of nitrogens with one attached hydrogen (secondary N) is 1. The molecule has 0 radical (unpaired) electrons. The van der Waals surface area contributed by atoms with Crippen molar-refractivity contribution < 1.29 is 17.6 Å². The fourth-order valence-electron chi connectivity index (χ4n) is 2.50. The molecular weight excluding hydrogens is 423 g/mol. The predicted molar refractivity (Wildman–Crippen MR) is 105 cm³/mol. The van der Waals surface area contributed by atoms with E-state index in [-0.39, 0.29) is 5.69 Å². The van der Waals surface area contributed by atoms with Gasteiger partial charge in [-0.1, -0.05) is 22.0 Å². The molecule has 0 fully saturated rings. The van der Waals surface area contributed by atoms with Crippen LogP contribution in [-0.4, -0.2) is 26.6 Å². The van der Waals surface area contributed by atoms with Gasteiger partial charge in [-0.2, -0.15) is 0 Å². The van der Waals surface area contributed by atoms with Gasteiger partial charge in [-0.3, -0.25) is 9.10 Å². The van der Waals surface area contributed by atoms with Crippen LogP contribution < -0.4 is 9.62 Å². The van der Waals surface area contributed by atoms with Crippen LogP contribution >= 0.6 is 15.9 Å². The van der Waals surface area contributed by atoms with Crippen LogP contribution in [0, 0.1) is 19.7 Å². The van der Waals surface area contributed by atoms with E-state index in [0.717, 1.165) is 21.7 Å². The van der Waals surface area contributed by atoms with Crippen molar-refractivity contribution in [2.75, 3.05) is 15.9 Å². The lowest BCUT2D eigenvalue weighted by molar-refractivity contribution is -0.116. The summed E-state index contributed by atoms with van der Waals surface area (Å²) in [6.45, 7) is 5.24. The van der Waals surface area contributed by atoms with Crippen LogP contribution in [0.1, 0.15) is 18.1 Å². The van der Waals surface area contributed by atoms with Crippen molar-refractivity contribution in [1.82, 2.24) is 0 Å². The smallest absolute Gasteiger partial charge is 0.248 e. The standard InChI is InChI=1S/C18H20BrFN2O3S/c1-11-5-7-15(9-12(11)2)22(26(4,24)25)13(3)18(23)21-17-8-6-14(19)10-16(17)20/h5-10,13H,1-4H3,(H,21,23)/t13-/m1/s1. The van der Waals surface area contributed by atoms with Gasteiger partial charge in [0.1, 0.15) is 11.9 Å². The first kappa shape index (κ1) is 20.4. The molecule has 26 heavy (non-hydrogen) atoms. The SMILES string of the molecule is Cc1ccc(N([C@H](C)C(=O)Nc2ccc(Br)cc2F)S(C)(=O)=O)cc1C. The second kappa shape index (κ2) is 7.75. The van der Waals surface area contributed by atoms with Gasteiger partial charge in [0.15, 0.2) is 0 Å². The fourth-order valence-corrected chi connectivity index (χ4v) is 4.00. The topological polar surface area (TPSA) is 66.5 Å².